The van der Waals surface area contributed by atoms with E-state index >= 15 is 0 Å². The average Bonchev–Trinajstić information content (AvgIpc) is 3.35. The van der Waals surface area contributed by atoms with Crippen LogP contribution in [0.1, 0.15) is 12.8 Å². The van der Waals surface area contributed by atoms with Crippen molar-refractivity contribution in [1.29, 1.82) is 0 Å². The van der Waals surface area contributed by atoms with E-state index in [0.717, 1.165) is 55.0 Å². The van der Waals surface area contributed by atoms with Gasteiger partial charge in [-0.2, -0.15) is 4.98 Å². The highest BCUT2D eigenvalue weighted by Crippen LogP contribution is 2.29. The van der Waals surface area contributed by atoms with Crippen molar-refractivity contribution in [2.24, 2.45) is 7.05 Å². The fraction of sp³-hybridized carbons (Fsp3) is 0.333. The Morgan fingerprint density at radius 1 is 1.28 bits per heavy atom. The first-order valence-electron chi connectivity index (χ1n) is 8.92. The number of fused-ring (bicyclic) bond motifs is 1. The van der Waals surface area contributed by atoms with Gasteiger partial charge >= 0.3 is 0 Å². The zero-order valence-electron chi connectivity index (χ0n) is 15.4. The fourth-order valence-corrected chi connectivity index (χ4v) is 4.79. The minimum Gasteiger partial charge on any atom is -0.348 e. The van der Waals surface area contributed by atoms with Crippen LogP contribution in [0.15, 0.2) is 28.2 Å². The number of carbonyl (C=O) groups is 1. The molecule has 1 aliphatic rings. The number of anilines is 2. The summed E-state index contributed by atoms with van der Waals surface area (Å²) in [5, 5.41) is 3.51. The second-order valence-corrected chi connectivity index (χ2v) is 8.48. The molecule has 1 aliphatic heterocycles. The molecule has 3 aromatic rings. The molecule has 152 valence electrons. The van der Waals surface area contributed by atoms with Crippen molar-refractivity contribution in [2.75, 3.05) is 29.1 Å². The lowest BCUT2D eigenvalue weighted by molar-refractivity contribution is -0.113. The number of rotatable bonds is 5. The molecule has 4 rings (SSSR count). The Balaban J connectivity index is 1.50. The maximum Gasteiger partial charge on any atom is 0.273 e. The molecule has 1 N–H and O–H groups in total. The van der Waals surface area contributed by atoms with E-state index in [4.69, 9.17) is 0 Å². The van der Waals surface area contributed by atoms with Gasteiger partial charge < -0.3 is 10.2 Å². The van der Waals surface area contributed by atoms with E-state index in [2.05, 4.69) is 20.2 Å². The molecule has 0 bridgehead atoms. The maximum atomic E-state index is 13.7. The Morgan fingerprint density at radius 2 is 2.03 bits per heavy atom. The van der Waals surface area contributed by atoms with Crippen LogP contribution in [0, 0.1) is 11.6 Å². The Morgan fingerprint density at radius 3 is 2.76 bits per heavy atom. The normalized spacial score (nSPS) is 14.0. The molecule has 0 aliphatic carbocycles. The van der Waals surface area contributed by atoms with Crippen molar-refractivity contribution in [3.63, 3.8) is 0 Å². The molecule has 1 fully saturated rings. The topological polar surface area (TPSA) is 80.1 Å². The zero-order chi connectivity index (χ0) is 20.5. The predicted octanol–water partition coefficient (Wildman–Crippen LogP) is 3.00. The van der Waals surface area contributed by atoms with E-state index in [1.165, 1.54) is 15.9 Å². The molecule has 1 amide bonds. The van der Waals surface area contributed by atoms with Gasteiger partial charge in [0, 0.05) is 26.2 Å². The molecular weight excluding hydrogens is 420 g/mol. The Bertz CT molecular complexity index is 1140. The van der Waals surface area contributed by atoms with Crippen molar-refractivity contribution in [1.82, 2.24) is 14.5 Å². The summed E-state index contributed by atoms with van der Waals surface area (Å²) in [4.78, 5) is 35.9. The summed E-state index contributed by atoms with van der Waals surface area (Å²) in [5.41, 5.74) is 0.0435. The molecule has 1 aromatic carbocycles. The van der Waals surface area contributed by atoms with Gasteiger partial charge in [0.15, 0.2) is 15.9 Å². The summed E-state index contributed by atoms with van der Waals surface area (Å²) in [5.74, 6) is -2.16. The highest BCUT2D eigenvalue weighted by molar-refractivity contribution is 7.99. The van der Waals surface area contributed by atoms with Crippen molar-refractivity contribution in [2.45, 2.75) is 18.0 Å². The number of hydrogen-bond acceptors (Lipinski definition) is 7. The summed E-state index contributed by atoms with van der Waals surface area (Å²) >= 11 is 2.38. The Labute approximate surface area is 172 Å². The second kappa shape index (κ2) is 8.07. The fourth-order valence-electron chi connectivity index (χ4n) is 3.00. The van der Waals surface area contributed by atoms with E-state index in [1.54, 1.807) is 7.05 Å². The number of nitrogens with zero attached hydrogens (tertiary/aromatic N) is 4. The van der Waals surface area contributed by atoms with Crippen LogP contribution in [0.25, 0.3) is 10.3 Å². The number of hydrogen-bond donors (Lipinski definition) is 1. The number of thiazole rings is 1. The van der Waals surface area contributed by atoms with Crippen LogP contribution >= 0.6 is 23.1 Å². The lowest BCUT2D eigenvalue weighted by Crippen LogP contribution is -2.21. The Kier molecular flexibility index (Phi) is 5.50. The first-order valence-corrected chi connectivity index (χ1v) is 10.7. The highest BCUT2D eigenvalue weighted by atomic mass is 32.2. The quantitative estimate of drug-likeness (QED) is 0.488. The Hall–Kier alpha value is -2.53. The van der Waals surface area contributed by atoms with Crippen LogP contribution in [0.3, 0.4) is 0 Å². The van der Waals surface area contributed by atoms with Crippen LogP contribution in [-0.4, -0.2) is 39.3 Å². The molecule has 7 nitrogen and oxygen atoms in total. The number of halogens is 2. The monoisotopic (exact) mass is 437 g/mol. The van der Waals surface area contributed by atoms with E-state index in [1.807, 2.05) is 0 Å². The first kappa shape index (κ1) is 19.8. The van der Waals surface area contributed by atoms with Gasteiger partial charge in [-0.05, 0) is 25.0 Å². The first-order chi connectivity index (χ1) is 13.9. The molecule has 11 heteroatoms. The van der Waals surface area contributed by atoms with Gasteiger partial charge in [-0.3, -0.25) is 14.2 Å². The van der Waals surface area contributed by atoms with Crippen LogP contribution < -0.4 is 15.8 Å². The number of nitrogens with one attached hydrogen (secondary N) is 1. The van der Waals surface area contributed by atoms with Gasteiger partial charge in [-0.15, -0.1) is 0 Å². The van der Waals surface area contributed by atoms with Crippen LogP contribution in [0.2, 0.25) is 0 Å². The van der Waals surface area contributed by atoms with Gasteiger partial charge in [-0.1, -0.05) is 23.1 Å². The third-order valence-electron chi connectivity index (χ3n) is 4.50. The molecule has 29 heavy (non-hydrogen) atoms. The third-order valence-corrected chi connectivity index (χ3v) is 6.62. The molecule has 3 heterocycles. The molecule has 0 atom stereocenters. The second-order valence-electron chi connectivity index (χ2n) is 6.56. The van der Waals surface area contributed by atoms with E-state index < -0.39 is 17.5 Å². The van der Waals surface area contributed by atoms with Gasteiger partial charge in [-0.25, -0.2) is 13.8 Å². The minimum absolute atomic E-state index is 0.0915. The summed E-state index contributed by atoms with van der Waals surface area (Å²) < 4.78 is 28.5. The van der Waals surface area contributed by atoms with E-state index in [-0.39, 0.29) is 17.0 Å². The standard InChI is InChI=1S/C18H17F2N5O2S2/c1-24-16(27)14-15(23-18(29-14)25-6-2-3-7-25)22-17(24)28-9-13(26)21-12-5-4-10(19)8-11(12)20/h4-5,8H,2-3,6-7,9H2,1H3,(H,21,26). The van der Waals surface area contributed by atoms with Crippen molar-refractivity contribution < 1.29 is 13.6 Å². The van der Waals surface area contributed by atoms with Crippen molar-refractivity contribution >= 4 is 50.2 Å². The van der Waals surface area contributed by atoms with E-state index in [9.17, 15) is 18.4 Å². The largest absolute Gasteiger partial charge is 0.348 e. The summed E-state index contributed by atoms with van der Waals surface area (Å²) in [6.45, 7) is 1.84. The van der Waals surface area contributed by atoms with Gasteiger partial charge in [0.2, 0.25) is 5.91 Å². The van der Waals surface area contributed by atoms with Gasteiger partial charge in [0.05, 0.1) is 11.4 Å². The predicted molar refractivity (Wildman–Crippen MR) is 110 cm³/mol. The minimum atomic E-state index is -0.854. The number of amides is 1. The number of carbonyl (C=O) groups excluding carboxylic acids is 1. The summed E-state index contributed by atoms with van der Waals surface area (Å²) in [6, 6.07) is 2.91. The van der Waals surface area contributed by atoms with E-state index in [0.29, 0.717) is 21.6 Å². The lowest BCUT2D eigenvalue weighted by atomic mass is 10.3. The van der Waals surface area contributed by atoms with Crippen molar-refractivity contribution in [3.8, 4) is 0 Å². The molecule has 0 saturated carbocycles. The zero-order valence-corrected chi connectivity index (χ0v) is 17.1. The van der Waals surface area contributed by atoms with Crippen molar-refractivity contribution in [3.05, 3.63) is 40.2 Å². The smallest absolute Gasteiger partial charge is 0.273 e. The molecule has 0 radical (unpaired) electrons. The molecule has 2 aromatic heterocycles. The van der Waals surface area contributed by atoms with Crippen LogP contribution in [0.5, 0.6) is 0 Å². The molecule has 0 unspecified atom stereocenters. The molecular formula is C18H17F2N5O2S2. The molecule has 0 spiro atoms. The third kappa shape index (κ3) is 4.10. The number of thioether (sulfide) groups is 1. The average molecular weight is 437 g/mol. The van der Waals surface area contributed by atoms with Crippen LogP contribution in [0.4, 0.5) is 19.6 Å². The maximum absolute atomic E-state index is 13.7. The van der Waals surface area contributed by atoms with Crippen LogP contribution in [-0.2, 0) is 11.8 Å². The highest BCUT2D eigenvalue weighted by Gasteiger charge is 2.20. The number of aromatic nitrogens is 3. The van der Waals surface area contributed by atoms with Gasteiger partial charge in [0.25, 0.3) is 5.56 Å². The molecule has 1 saturated heterocycles. The number of benzene rings is 1. The summed E-state index contributed by atoms with van der Waals surface area (Å²) in [6.07, 6.45) is 2.21. The summed E-state index contributed by atoms with van der Waals surface area (Å²) in [7, 11) is 1.59. The SMILES string of the molecule is Cn1c(SCC(=O)Nc2ccc(F)cc2F)nc2nc(N3CCCC3)sc2c1=O. The lowest BCUT2D eigenvalue weighted by Gasteiger charge is -2.11. The van der Waals surface area contributed by atoms with Gasteiger partial charge in [0.1, 0.15) is 16.3 Å².